The number of rotatable bonds is 8. The molecule has 0 saturated heterocycles. The molecule has 1 aliphatic rings. The van der Waals surface area contributed by atoms with Crippen molar-refractivity contribution in [3.8, 4) is 0 Å². The molecular weight excluding hydrogens is 412 g/mol. The van der Waals surface area contributed by atoms with Gasteiger partial charge in [-0.15, -0.1) is 14.5 Å². The highest BCUT2D eigenvalue weighted by molar-refractivity contribution is 7.91. The fourth-order valence-electron chi connectivity index (χ4n) is 2.25. The van der Waals surface area contributed by atoms with Crippen LogP contribution in [-0.4, -0.2) is 34.4 Å². The van der Waals surface area contributed by atoms with E-state index in [1.807, 2.05) is 0 Å². The summed E-state index contributed by atoms with van der Waals surface area (Å²) < 4.78 is 51.1. The van der Waals surface area contributed by atoms with E-state index in [1.54, 1.807) is 0 Å². The number of benzene rings is 1. The normalized spacial score (nSPS) is 15.5. The monoisotopic (exact) mass is 426 g/mol. The zero-order chi connectivity index (χ0) is 19.5. The molecule has 0 radical (unpaired) electrons. The fraction of sp³-hybridized carbons (Fsp3) is 0.417. The van der Waals surface area contributed by atoms with Crippen LogP contribution in [0.15, 0.2) is 26.3 Å². The molecule has 14 heteroatoms. The molecule has 0 aliphatic carbocycles. The molecular formula is C12H15ClN4O7S2. The van der Waals surface area contributed by atoms with E-state index < -0.39 is 30.0 Å². The van der Waals surface area contributed by atoms with Gasteiger partial charge in [0.1, 0.15) is 15.6 Å². The van der Waals surface area contributed by atoms with Crippen molar-refractivity contribution in [1.29, 1.82) is 0 Å². The Hall–Kier alpha value is -1.96. The highest BCUT2D eigenvalue weighted by atomic mass is 35.5. The van der Waals surface area contributed by atoms with Crippen LogP contribution in [0.3, 0.4) is 0 Å². The van der Waals surface area contributed by atoms with Crippen molar-refractivity contribution in [2.24, 2.45) is 9.54 Å². The third-order valence-electron chi connectivity index (χ3n) is 3.38. The summed E-state index contributed by atoms with van der Waals surface area (Å²) in [5, 5.41) is 16.7. The average Bonchev–Trinajstić information content (AvgIpc) is 2.47. The van der Waals surface area contributed by atoms with Gasteiger partial charge in [-0.05, 0) is 25.0 Å². The van der Waals surface area contributed by atoms with Gasteiger partial charge in [0.15, 0.2) is 0 Å². The molecule has 0 atom stereocenters. The third-order valence-corrected chi connectivity index (χ3v) is 6.11. The summed E-state index contributed by atoms with van der Waals surface area (Å²) >= 11 is 5.87. The average molecular weight is 427 g/mol. The first kappa shape index (κ1) is 20.4. The third kappa shape index (κ3) is 5.03. The van der Waals surface area contributed by atoms with Gasteiger partial charge in [-0.2, -0.15) is 8.42 Å². The summed E-state index contributed by atoms with van der Waals surface area (Å²) in [6, 6.07) is 2.03. The van der Waals surface area contributed by atoms with Crippen LogP contribution >= 0.6 is 11.6 Å². The molecule has 0 bridgehead atoms. The zero-order valence-electron chi connectivity index (χ0n) is 13.2. The lowest BCUT2D eigenvalue weighted by Gasteiger charge is -2.19. The summed E-state index contributed by atoms with van der Waals surface area (Å²) in [4.78, 5) is 13.3. The molecule has 1 heterocycles. The molecule has 2 rings (SSSR count). The van der Waals surface area contributed by atoms with Crippen LogP contribution in [0, 0.1) is 10.1 Å². The number of nitrogens with one attached hydrogen (secondary N) is 1. The van der Waals surface area contributed by atoms with Crippen LogP contribution in [0.2, 0.25) is 5.02 Å². The largest absolute Gasteiger partial charge is 0.342 e. The molecule has 0 saturated carbocycles. The lowest BCUT2D eigenvalue weighted by molar-refractivity contribution is -0.757. The quantitative estimate of drug-likeness (QED) is 0.355. The molecule has 144 valence electrons. The fourth-order valence-corrected chi connectivity index (χ4v) is 4.61. The second kappa shape index (κ2) is 7.73. The maximum atomic E-state index is 12.3. The Morgan fingerprint density at radius 2 is 2.00 bits per heavy atom. The molecule has 0 fully saturated rings. The van der Waals surface area contributed by atoms with E-state index in [4.69, 9.17) is 16.7 Å². The van der Waals surface area contributed by atoms with Gasteiger partial charge in [0.2, 0.25) is 10.0 Å². The maximum Gasteiger partial charge on any atom is 0.294 e. The van der Waals surface area contributed by atoms with Crippen molar-refractivity contribution >= 4 is 43.2 Å². The van der Waals surface area contributed by atoms with E-state index in [-0.39, 0.29) is 34.5 Å². The lowest BCUT2D eigenvalue weighted by atomic mass is 10.2. The lowest BCUT2D eigenvalue weighted by Crippen LogP contribution is -2.22. The Bertz CT molecular complexity index is 960. The SMILES string of the molecule is NS(=O)(=O)c1cc2c(cc1Cl)NC(CCCCCO[N+](=O)[O-])=NS2(=O)=O. The molecule has 26 heavy (non-hydrogen) atoms. The molecule has 11 nitrogen and oxygen atoms in total. The van der Waals surface area contributed by atoms with Crippen LogP contribution in [-0.2, 0) is 24.9 Å². The van der Waals surface area contributed by atoms with Gasteiger partial charge in [0.25, 0.3) is 15.1 Å². The number of hydrogen-bond donors (Lipinski definition) is 2. The highest BCUT2D eigenvalue weighted by Crippen LogP contribution is 2.34. The minimum atomic E-state index is -4.19. The molecule has 0 spiro atoms. The van der Waals surface area contributed by atoms with E-state index in [0.29, 0.717) is 19.3 Å². The van der Waals surface area contributed by atoms with E-state index in [1.165, 1.54) is 0 Å². The number of unbranched alkanes of at least 4 members (excludes halogenated alkanes) is 2. The number of sulfonamides is 2. The first-order valence-electron chi connectivity index (χ1n) is 7.25. The van der Waals surface area contributed by atoms with Crippen LogP contribution in [0.25, 0.3) is 0 Å². The summed E-state index contributed by atoms with van der Waals surface area (Å²) in [6.45, 7) is -0.0417. The van der Waals surface area contributed by atoms with Crippen molar-refractivity contribution in [3.05, 3.63) is 27.3 Å². The number of fused-ring (bicyclic) bond motifs is 1. The van der Waals surface area contributed by atoms with Crippen molar-refractivity contribution in [2.75, 3.05) is 11.9 Å². The second-order valence-corrected chi connectivity index (χ2v) is 8.84. The minimum absolute atomic E-state index is 0.0417. The first-order valence-corrected chi connectivity index (χ1v) is 10.6. The van der Waals surface area contributed by atoms with Crippen molar-refractivity contribution < 1.29 is 26.8 Å². The topological polar surface area (TPSA) is 171 Å². The molecule has 1 aliphatic heterocycles. The van der Waals surface area contributed by atoms with Crippen molar-refractivity contribution in [2.45, 2.75) is 35.5 Å². The van der Waals surface area contributed by atoms with Gasteiger partial charge in [0.05, 0.1) is 17.3 Å². The highest BCUT2D eigenvalue weighted by Gasteiger charge is 2.28. The number of nitrogens with two attached hydrogens (primary N) is 1. The van der Waals surface area contributed by atoms with Gasteiger partial charge < -0.3 is 10.2 Å². The van der Waals surface area contributed by atoms with Gasteiger partial charge in [-0.25, -0.2) is 13.6 Å². The van der Waals surface area contributed by atoms with Gasteiger partial charge in [0, 0.05) is 6.42 Å². The van der Waals surface area contributed by atoms with Crippen LogP contribution in [0.1, 0.15) is 25.7 Å². The number of anilines is 1. The number of amidine groups is 1. The Balaban J connectivity index is 2.11. The summed E-state index contributed by atoms with van der Waals surface area (Å²) in [6.07, 6.45) is 1.78. The summed E-state index contributed by atoms with van der Waals surface area (Å²) in [5.41, 5.74) is 0.101. The van der Waals surface area contributed by atoms with Crippen LogP contribution in [0.5, 0.6) is 0 Å². The second-order valence-electron chi connectivity index (χ2n) is 5.33. The van der Waals surface area contributed by atoms with Crippen molar-refractivity contribution in [3.63, 3.8) is 0 Å². The van der Waals surface area contributed by atoms with E-state index in [9.17, 15) is 26.9 Å². The maximum absolute atomic E-state index is 12.3. The predicted octanol–water partition coefficient (Wildman–Crippen LogP) is 1.27. The van der Waals surface area contributed by atoms with E-state index >= 15 is 0 Å². The van der Waals surface area contributed by atoms with Crippen LogP contribution < -0.4 is 10.5 Å². The van der Waals surface area contributed by atoms with E-state index in [2.05, 4.69) is 14.6 Å². The predicted molar refractivity (Wildman–Crippen MR) is 92.5 cm³/mol. The number of halogens is 1. The number of hydrogen-bond acceptors (Lipinski definition) is 8. The molecule has 0 unspecified atom stereocenters. The Morgan fingerprint density at radius 1 is 1.31 bits per heavy atom. The van der Waals surface area contributed by atoms with Gasteiger partial charge in [-0.3, -0.25) is 0 Å². The standard InChI is InChI=1S/C12H15ClN4O7S2/c13-8-6-9-11(7-10(8)25(14,20)21)26(22,23)16-12(15-9)4-2-1-3-5-24-17(18)19/h6-7H,1-5H2,(H,15,16)(H2,14,20,21). The Morgan fingerprint density at radius 3 is 2.62 bits per heavy atom. The van der Waals surface area contributed by atoms with Crippen LogP contribution in [0.4, 0.5) is 5.69 Å². The van der Waals surface area contributed by atoms with Gasteiger partial charge >= 0.3 is 0 Å². The molecule has 1 aromatic rings. The smallest absolute Gasteiger partial charge is 0.294 e. The summed E-state index contributed by atoms with van der Waals surface area (Å²) in [5.74, 6) is 0.159. The molecule has 0 amide bonds. The first-order chi connectivity index (χ1) is 12.0. The molecule has 3 N–H and O–H groups in total. The molecule has 0 aromatic heterocycles. The Kier molecular flexibility index (Phi) is 6.05. The molecule has 1 aromatic carbocycles. The van der Waals surface area contributed by atoms with E-state index in [0.717, 1.165) is 12.1 Å². The number of nitrogens with zero attached hydrogens (tertiary/aromatic N) is 2. The Labute approximate surface area is 154 Å². The minimum Gasteiger partial charge on any atom is -0.342 e. The van der Waals surface area contributed by atoms with Crippen molar-refractivity contribution in [1.82, 2.24) is 0 Å². The van der Waals surface area contributed by atoms with Gasteiger partial charge in [-0.1, -0.05) is 18.0 Å². The number of primary sulfonamides is 1. The zero-order valence-corrected chi connectivity index (χ0v) is 15.6. The summed E-state index contributed by atoms with van der Waals surface area (Å²) in [7, 11) is -8.31.